The fourth-order valence-electron chi connectivity index (χ4n) is 2.92. The van der Waals surface area contributed by atoms with Gasteiger partial charge in [-0.05, 0) is 43.9 Å². The van der Waals surface area contributed by atoms with Gasteiger partial charge in [-0.15, -0.1) is 0 Å². The highest BCUT2D eigenvalue weighted by molar-refractivity contribution is 6.26. The highest BCUT2D eigenvalue weighted by atomic mass is 19.4. The maximum Gasteiger partial charge on any atom is 0.433 e. The number of rotatable bonds is 8. The summed E-state index contributed by atoms with van der Waals surface area (Å²) < 4.78 is 43.7. The second-order valence-electron chi connectivity index (χ2n) is 6.84. The first-order valence-electron chi connectivity index (χ1n) is 9.93. The number of amides is 1. The summed E-state index contributed by atoms with van der Waals surface area (Å²) in [4.78, 5) is 19.7. The first kappa shape index (κ1) is 24.3. The number of aliphatic imine (C=N–C) groups is 2. The molecule has 0 bridgehead atoms. The average molecular weight is 433 g/mol. The van der Waals surface area contributed by atoms with E-state index in [4.69, 9.17) is 4.74 Å². The molecule has 1 aromatic rings. The number of hydrogen-bond donors (Lipinski definition) is 1. The zero-order valence-corrected chi connectivity index (χ0v) is 17.4. The van der Waals surface area contributed by atoms with Crippen molar-refractivity contribution in [2.24, 2.45) is 9.98 Å². The van der Waals surface area contributed by atoms with Crippen LogP contribution in [0.15, 0.2) is 64.8 Å². The zero-order valence-electron chi connectivity index (χ0n) is 17.4. The Morgan fingerprint density at radius 2 is 2.00 bits per heavy atom. The third kappa shape index (κ3) is 8.33. The van der Waals surface area contributed by atoms with Gasteiger partial charge in [0.15, 0.2) is 0 Å². The SMILES string of the molecule is C=C(C/C=C/C=C(\N=CC)C(F)(F)F)c1ccccc1N=CC(=O)NC1CCOCC1. The van der Waals surface area contributed by atoms with Gasteiger partial charge < -0.3 is 10.1 Å². The minimum absolute atomic E-state index is 0.0785. The predicted octanol–water partition coefficient (Wildman–Crippen LogP) is 5.18. The lowest BCUT2D eigenvalue weighted by Crippen LogP contribution is -2.39. The summed E-state index contributed by atoms with van der Waals surface area (Å²) in [6, 6.07) is 7.23. The number of nitrogens with one attached hydrogen (secondary N) is 1. The summed E-state index contributed by atoms with van der Waals surface area (Å²) in [5.41, 5.74) is 0.964. The van der Waals surface area contributed by atoms with E-state index in [1.807, 2.05) is 6.07 Å². The number of carbonyl (C=O) groups is 1. The van der Waals surface area contributed by atoms with Gasteiger partial charge in [0.2, 0.25) is 0 Å². The largest absolute Gasteiger partial charge is 0.433 e. The van der Waals surface area contributed by atoms with Crippen molar-refractivity contribution in [1.29, 1.82) is 0 Å². The van der Waals surface area contributed by atoms with Crippen LogP contribution in [0.4, 0.5) is 18.9 Å². The Morgan fingerprint density at radius 3 is 2.68 bits per heavy atom. The lowest BCUT2D eigenvalue weighted by Gasteiger charge is -2.22. The van der Waals surface area contributed by atoms with Crippen molar-refractivity contribution < 1.29 is 22.7 Å². The van der Waals surface area contributed by atoms with E-state index in [-0.39, 0.29) is 11.9 Å². The molecule has 0 aliphatic carbocycles. The van der Waals surface area contributed by atoms with Gasteiger partial charge in [-0.2, -0.15) is 13.2 Å². The lowest BCUT2D eigenvalue weighted by atomic mass is 10.0. The quantitative estimate of drug-likeness (QED) is 0.454. The zero-order chi connectivity index (χ0) is 22.7. The van der Waals surface area contributed by atoms with Crippen LogP contribution in [0, 0.1) is 0 Å². The summed E-state index contributed by atoms with van der Waals surface area (Å²) in [7, 11) is 0. The van der Waals surface area contributed by atoms with Gasteiger partial charge in [0, 0.05) is 31.0 Å². The number of para-hydroxylation sites is 1. The highest BCUT2D eigenvalue weighted by Crippen LogP contribution is 2.28. The number of hydrogen-bond acceptors (Lipinski definition) is 4. The van der Waals surface area contributed by atoms with Crippen molar-refractivity contribution in [2.75, 3.05) is 13.2 Å². The van der Waals surface area contributed by atoms with E-state index in [0.717, 1.165) is 25.1 Å². The molecule has 0 spiro atoms. The van der Waals surface area contributed by atoms with Crippen LogP contribution >= 0.6 is 0 Å². The van der Waals surface area contributed by atoms with E-state index in [1.54, 1.807) is 24.3 Å². The molecule has 166 valence electrons. The van der Waals surface area contributed by atoms with Gasteiger partial charge in [-0.3, -0.25) is 14.8 Å². The first-order valence-corrected chi connectivity index (χ1v) is 9.93. The Kier molecular flexibility index (Phi) is 9.40. The molecule has 0 atom stereocenters. The maximum absolute atomic E-state index is 12.8. The van der Waals surface area contributed by atoms with E-state index in [9.17, 15) is 18.0 Å². The van der Waals surface area contributed by atoms with E-state index in [2.05, 4.69) is 21.9 Å². The van der Waals surface area contributed by atoms with Gasteiger partial charge in [0.05, 0.1) is 11.9 Å². The molecule has 1 aliphatic rings. The van der Waals surface area contributed by atoms with Crippen LogP contribution in [0.2, 0.25) is 0 Å². The lowest BCUT2D eigenvalue weighted by molar-refractivity contribution is -0.115. The van der Waals surface area contributed by atoms with Crippen LogP contribution < -0.4 is 5.32 Å². The number of nitrogens with zero attached hydrogens (tertiary/aromatic N) is 2. The number of halogens is 3. The van der Waals surface area contributed by atoms with Crippen LogP contribution in [0.3, 0.4) is 0 Å². The topological polar surface area (TPSA) is 63.0 Å². The second-order valence-corrected chi connectivity index (χ2v) is 6.84. The molecule has 8 heteroatoms. The Bertz CT molecular complexity index is 880. The third-order valence-electron chi connectivity index (χ3n) is 4.49. The van der Waals surface area contributed by atoms with Crippen molar-refractivity contribution in [2.45, 2.75) is 38.4 Å². The van der Waals surface area contributed by atoms with Crippen LogP contribution in [0.25, 0.3) is 5.57 Å². The molecule has 0 saturated carbocycles. The molecule has 2 rings (SSSR count). The Hall–Kier alpha value is -3.00. The Morgan fingerprint density at radius 1 is 1.29 bits per heavy atom. The fraction of sp³-hybridized carbons (Fsp3) is 0.348. The van der Waals surface area contributed by atoms with E-state index in [0.29, 0.717) is 36.5 Å². The monoisotopic (exact) mass is 433 g/mol. The predicted molar refractivity (Wildman–Crippen MR) is 118 cm³/mol. The normalized spacial score (nSPS) is 16.5. The molecule has 31 heavy (non-hydrogen) atoms. The van der Waals surface area contributed by atoms with E-state index >= 15 is 0 Å². The van der Waals surface area contributed by atoms with Crippen molar-refractivity contribution in [3.63, 3.8) is 0 Å². The molecular weight excluding hydrogens is 407 g/mol. The van der Waals surface area contributed by atoms with Crippen molar-refractivity contribution in [3.05, 3.63) is 60.3 Å². The average Bonchev–Trinajstić information content (AvgIpc) is 2.74. The van der Waals surface area contributed by atoms with E-state index < -0.39 is 11.9 Å². The third-order valence-corrected chi connectivity index (χ3v) is 4.49. The maximum atomic E-state index is 12.8. The molecule has 1 heterocycles. The molecule has 0 aromatic heterocycles. The molecule has 5 nitrogen and oxygen atoms in total. The Labute approximate surface area is 180 Å². The fourth-order valence-corrected chi connectivity index (χ4v) is 2.92. The van der Waals surface area contributed by atoms with Crippen molar-refractivity contribution >= 4 is 29.6 Å². The van der Waals surface area contributed by atoms with Crippen LogP contribution in [-0.2, 0) is 9.53 Å². The second kappa shape index (κ2) is 12.0. The molecule has 1 saturated heterocycles. The first-order chi connectivity index (χ1) is 14.8. The minimum Gasteiger partial charge on any atom is -0.381 e. The van der Waals surface area contributed by atoms with Gasteiger partial charge in [-0.1, -0.05) is 36.9 Å². The molecule has 1 aliphatic heterocycles. The molecule has 0 unspecified atom stereocenters. The number of ether oxygens (including phenoxy) is 1. The summed E-state index contributed by atoms with van der Waals surface area (Å²) in [6.07, 6.45) is 3.46. The van der Waals surface area contributed by atoms with Crippen LogP contribution in [0.1, 0.15) is 31.7 Å². The minimum atomic E-state index is -4.51. The van der Waals surface area contributed by atoms with E-state index in [1.165, 1.54) is 19.2 Å². The van der Waals surface area contributed by atoms with Crippen LogP contribution in [0.5, 0.6) is 0 Å². The summed E-state index contributed by atoms with van der Waals surface area (Å²) in [5.74, 6) is -0.284. The molecule has 1 amide bonds. The highest BCUT2D eigenvalue weighted by Gasteiger charge is 2.32. The summed E-state index contributed by atoms with van der Waals surface area (Å²) >= 11 is 0. The van der Waals surface area contributed by atoms with Crippen molar-refractivity contribution in [1.82, 2.24) is 5.32 Å². The number of alkyl halides is 3. The van der Waals surface area contributed by atoms with Crippen molar-refractivity contribution in [3.8, 4) is 0 Å². The van der Waals surface area contributed by atoms with Crippen LogP contribution in [-0.4, -0.2) is 43.8 Å². The smallest absolute Gasteiger partial charge is 0.381 e. The number of allylic oxidation sites excluding steroid dienone is 5. The summed E-state index contributed by atoms with van der Waals surface area (Å²) in [5, 5.41) is 2.90. The molecule has 1 fully saturated rings. The number of benzene rings is 1. The molecule has 1 N–H and O–H groups in total. The molecular formula is C23H26F3N3O2. The van der Waals surface area contributed by atoms with Gasteiger partial charge in [0.25, 0.3) is 5.91 Å². The standard InChI is InChI=1S/C23H26F3N3O2/c1-3-27-21(23(24,25)26)11-7-4-8-17(2)19-9-5-6-10-20(19)28-16-22(30)29-18-12-14-31-15-13-18/h3-7,9-11,16,18H,2,8,12-15H2,1H3,(H,29,30)/b7-4+,21-11-,27-3?,28-16?. The number of carbonyl (C=O) groups excluding carboxylic acids is 1. The van der Waals surface area contributed by atoms with Gasteiger partial charge in [0.1, 0.15) is 5.70 Å². The van der Waals surface area contributed by atoms with Gasteiger partial charge >= 0.3 is 6.18 Å². The molecule has 1 aromatic carbocycles. The molecule has 0 radical (unpaired) electrons. The van der Waals surface area contributed by atoms with Gasteiger partial charge in [-0.25, -0.2) is 0 Å². The Balaban J connectivity index is 2.01. The summed E-state index contributed by atoms with van der Waals surface area (Å²) in [6.45, 7) is 6.67.